The zero-order chi connectivity index (χ0) is 21.0. The average molecular weight is 397 g/mol. The van der Waals surface area contributed by atoms with Crippen molar-refractivity contribution in [3.8, 4) is 5.75 Å². The SMILES string of the molecule is Cc1cc2oc3c(c(=O)c2cc1C)C(c1cccc(O)c1)N(c1ccccc1)C3=O. The highest BCUT2D eigenvalue weighted by molar-refractivity contribution is 6.10. The van der Waals surface area contributed by atoms with Gasteiger partial charge in [-0.1, -0.05) is 30.3 Å². The maximum absolute atomic E-state index is 13.6. The number of hydrogen-bond acceptors (Lipinski definition) is 4. The van der Waals surface area contributed by atoms with Gasteiger partial charge in [-0.25, -0.2) is 0 Å². The fourth-order valence-electron chi connectivity index (χ4n) is 4.09. The maximum atomic E-state index is 13.6. The maximum Gasteiger partial charge on any atom is 0.295 e. The van der Waals surface area contributed by atoms with Crippen molar-refractivity contribution in [2.45, 2.75) is 19.9 Å². The number of phenolic OH excluding ortho intramolecular Hbond substituents is 1. The third-order valence-electron chi connectivity index (χ3n) is 5.71. The minimum atomic E-state index is -0.691. The molecular formula is C25H19NO4. The Bertz CT molecular complexity index is 1370. The number of phenols is 1. The number of benzene rings is 3. The second-order valence-corrected chi connectivity index (χ2v) is 7.61. The number of para-hydroxylation sites is 1. The fourth-order valence-corrected chi connectivity index (χ4v) is 4.09. The van der Waals surface area contributed by atoms with Gasteiger partial charge in [-0.15, -0.1) is 0 Å². The van der Waals surface area contributed by atoms with Crippen LogP contribution in [0.4, 0.5) is 5.69 Å². The van der Waals surface area contributed by atoms with Gasteiger partial charge in [0.2, 0.25) is 5.76 Å². The Morgan fingerprint density at radius 3 is 2.37 bits per heavy atom. The van der Waals surface area contributed by atoms with E-state index in [-0.39, 0.29) is 22.8 Å². The first-order valence-electron chi connectivity index (χ1n) is 9.71. The summed E-state index contributed by atoms with van der Waals surface area (Å²) in [5.41, 5.74) is 3.73. The minimum Gasteiger partial charge on any atom is -0.508 e. The molecule has 5 nitrogen and oxygen atoms in total. The van der Waals surface area contributed by atoms with Gasteiger partial charge in [0.25, 0.3) is 5.91 Å². The number of amides is 1. The summed E-state index contributed by atoms with van der Waals surface area (Å²) in [5, 5.41) is 10.5. The Balaban J connectivity index is 1.85. The highest BCUT2D eigenvalue weighted by Crippen LogP contribution is 2.41. The number of rotatable bonds is 2. The Morgan fingerprint density at radius 1 is 0.900 bits per heavy atom. The van der Waals surface area contributed by atoms with Crippen molar-refractivity contribution in [3.63, 3.8) is 0 Å². The zero-order valence-electron chi connectivity index (χ0n) is 16.5. The van der Waals surface area contributed by atoms with E-state index in [0.29, 0.717) is 27.8 Å². The Kier molecular flexibility index (Phi) is 4.00. The highest BCUT2D eigenvalue weighted by Gasteiger charge is 2.43. The second-order valence-electron chi connectivity index (χ2n) is 7.61. The van der Waals surface area contributed by atoms with E-state index in [1.807, 2.05) is 50.2 Å². The molecule has 5 heteroatoms. The van der Waals surface area contributed by atoms with E-state index in [1.165, 1.54) is 0 Å². The third-order valence-corrected chi connectivity index (χ3v) is 5.71. The van der Waals surface area contributed by atoms with Crippen molar-refractivity contribution in [1.29, 1.82) is 0 Å². The molecule has 3 aromatic carbocycles. The van der Waals surface area contributed by atoms with Crippen LogP contribution >= 0.6 is 0 Å². The molecule has 0 saturated heterocycles. The molecule has 4 aromatic rings. The predicted molar refractivity (Wildman–Crippen MR) is 115 cm³/mol. The molecule has 1 aliphatic heterocycles. The summed E-state index contributed by atoms with van der Waals surface area (Å²) in [6, 6.07) is 18.7. The average Bonchev–Trinajstić information content (AvgIpc) is 3.03. The van der Waals surface area contributed by atoms with Gasteiger partial charge in [0.05, 0.1) is 17.0 Å². The number of anilines is 1. The molecule has 1 aromatic heterocycles. The van der Waals surface area contributed by atoms with Crippen molar-refractivity contribution in [3.05, 3.63) is 105 Å². The van der Waals surface area contributed by atoms with Crippen LogP contribution in [0.2, 0.25) is 0 Å². The lowest BCUT2D eigenvalue weighted by Gasteiger charge is -2.25. The van der Waals surface area contributed by atoms with Gasteiger partial charge in [-0.2, -0.15) is 0 Å². The van der Waals surface area contributed by atoms with E-state index >= 15 is 0 Å². The van der Waals surface area contributed by atoms with E-state index in [9.17, 15) is 14.7 Å². The molecule has 0 bridgehead atoms. The first-order valence-corrected chi connectivity index (χ1v) is 9.71. The van der Waals surface area contributed by atoms with Crippen LogP contribution < -0.4 is 10.3 Å². The molecule has 0 fully saturated rings. The number of nitrogens with zero attached hydrogens (tertiary/aromatic N) is 1. The van der Waals surface area contributed by atoms with Gasteiger partial charge >= 0.3 is 0 Å². The van der Waals surface area contributed by atoms with Crippen LogP contribution in [0.1, 0.15) is 38.9 Å². The van der Waals surface area contributed by atoms with Crippen molar-refractivity contribution in [2.24, 2.45) is 0 Å². The molecule has 0 radical (unpaired) electrons. The largest absolute Gasteiger partial charge is 0.508 e. The molecule has 148 valence electrons. The molecule has 1 atom stereocenters. The van der Waals surface area contributed by atoms with Gasteiger partial charge in [-0.05, 0) is 66.9 Å². The fraction of sp³-hybridized carbons (Fsp3) is 0.120. The smallest absolute Gasteiger partial charge is 0.295 e. The summed E-state index contributed by atoms with van der Waals surface area (Å²) >= 11 is 0. The van der Waals surface area contributed by atoms with Crippen LogP contribution in [0.15, 0.2) is 75.9 Å². The summed E-state index contributed by atoms with van der Waals surface area (Å²) in [4.78, 5) is 28.6. The van der Waals surface area contributed by atoms with Crippen LogP contribution in [0.25, 0.3) is 11.0 Å². The van der Waals surface area contributed by atoms with Gasteiger partial charge in [-0.3, -0.25) is 14.5 Å². The second kappa shape index (κ2) is 6.59. The molecule has 1 unspecified atom stereocenters. The topological polar surface area (TPSA) is 70.8 Å². The van der Waals surface area contributed by atoms with E-state index in [4.69, 9.17) is 4.42 Å². The molecular weight excluding hydrogens is 378 g/mol. The summed E-state index contributed by atoms with van der Waals surface area (Å²) in [5.74, 6) is -0.257. The van der Waals surface area contributed by atoms with E-state index < -0.39 is 6.04 Å². The van der Waals surface area contributed by atoms with Crippen LogP contribution in [-0.2, 0) is 0 Å². The lowest BCUT2D eigenvalue weighted by Crippen LogP contribution is -2.29. The molecule has 30 heavy (non-hydrogen) atoms. The van der Waals surface area contributed by atoms with Crippen molar-refractivity contribution < 1.29 is 14.3 Å². The summed E-state index contributed by atoms with van der Waals surface area (Å²) in [6.45, 7) is 3.88. The van der Waals surface area contributed by atoms with Crippen molar-refractivity contribution in [1.82, 2.24) is 0 Å². The Morgan fingerprint density at radius 2 is 1.63 bits per heavy atom. The summed E-state index contributed by atoms with van der Waals surface area (Å²) < 4.78 is 6.01. The zero-order valence-corrected chi connectivity index (χ0v) is 16.5. The first-order chi connectivity index (χ1) is 14.5. The number of carbonyl (C=O) groups excluding carboxylic acids is 1. The lowest BCUT2D eigenvalue weighted by atomic mass is 9.97. The summed E-state index contributed by atoms with van der Waals surface area (Å²) in [7, 11) is 0. The molecule has 1 N–H and O–H groups in total. The monoisotopic (exact) mass is 397 g/mol. The first kappa shape index (κ1) is 18.2. The molecule has 1 aliphatic rings. The van der Waals surface area contributed by atoms with Gasteiger partial charge in [0.15, 0.2) is 5.43 Å². The van der Waals surface area contributed by atoms with Gasteiger partial charge < -0.3 is 9.52 Å². The van der Waals surface area contributed by atoms with E-state index in [0.717, 1.165) is 11.1 Å². The number of aromatic hydroxyl groups is 1. The molecule has 5 rings (SSSR count). The van der Waals surface area contributed by atoms with Gasteiger partial charge in [0.1, 0.15) is 11.3 Å². The highest BCUT2D eigenvalue weighted by atomic mass is 16.3. The minimum absolute atomic E-state index is 0.0490. The number of hydrogen-bond donors (Lipinski definition) is 1. The molecule has 0 saturated carbocycles. The molecule has 2 heterocycles. The molecule has 1 amide bonds. The molecule has 0 aliphatic carbocycles. The van der Waals surface area contributed by atoms with Crippen LogP contribution in [0.3, 0.4) is 0 Å². The summed E-state index contributed by atoms with van der Waals surface area (Å²) in [6.07, 6.45) is 0. The Labute approximate surface area is 172 Å². The molecule has 0 spiro atoms. The lowest BCUT2D eigenvalue weighted by molar-refractivity contribution is 0.0971. The standard InChI is InChI=1S/C25H19NO4/c1-14-11-19-20(12-15(14)2)30-24-21(23(19)28)22(16-7-6-10-18(27)13-16)26(25(24)29)17-8-4-3-5-9-17/h3-13,22,27H,1-2H3. The normalized spacial score (nSPS) is 15.6. The van der Waals surface area contributed by atoms with E-state index in [2.05, 4.69) is 0 Å². The van der Waals surface area contributed by atoms with Gasteiger partial charge in [0, 0.05) is 5.69 Å². The van der Waals surface area contributed by atoms with Crippen LogP contribution in [0, 0.1) is 13.8 Å². The number of aryl methyl sites for hydroxylation is 2. The van der Waals surface area contributed by atoms with Crippen LogP contribution in [0.5, 0.6) is 5.75 Å². The van der Waals surface area contributed by atoms with E-state index in [1.54, 1.807) is 35.2 Å². The van der Waals surface area contributed by atoms with Crippen molar-refractivity contribution in [2.75, 3.05) is 4.90 Å². The number of carbonyl (C=O) groups is 1. The van der Waals surface area contributed by atoms with Crippen molar-refractivity contribution >= 4 is 22.6 Å². The third kappa shape index (κ3) is 2.63. The predicted octanol–water partition coefficient (Wildman–Crippen LogP) is 4.87. The Hall–Kier alpha value is -3.86. The number of fused-ring (bicyclic) bond motifs is 2. The quantitative estimate of drug-likeness (QED) is 0.524. The van der Waals surface area contributed by atoms with Crippen LogP contribution in [-0.4, -0.2) is 11.0 Å².